The minimum atomic E-state index is 0.0610. The highest BCUT2D eigenvalue weighted by Crippen LogP contribution is 2.49. The normalized spacial score (nSPS) is 12.8. The molecule has 5 aromatic rings. The van der Waals surface area contributed by atoms with Crippen LogP contribution in [0.4, 0.5) is 0 Å². The van der Waals surface area contributed by atoms with Crippen LogP contribution in [-0.2, 0) is 9.47 Å². The van der Waals surface area contributed by atoms with Gasteiger partial charge < -0.3 is 18.9 Å². The van der Waals surface area contributed by atoms with Gasteiger partial charge in [0.05, 0.1) is 0 Å². The van der Waals surface area contributed by atoms with E-state index in [1.807, 2.05) is 6.07 Å². The molecule has 6 rings (SSSR count). The Kier molecular flexibility index (Phi) is 6.35. The summed E-state index contributed by atoms with van der Waals surface area (Å²) in [6.45, 7) is 0.285. The highest BCUT2D eigenvalue weighted by Gasteiger charge is 2.25. The Morgan fingerprint density at radius 2 is 1.19 bits per heavy atom. The number of benzene rings is 5. The fourth-order valence-corrected chi connectivity index (χ4v) is 5.30. The molecule has 184 valence electrons. The molecule has 5 aromatic carbocycles. The Bertz CT molecular complexity index is 1690. The first-order chi connectivity index (χ1) is 18.3. The summed E-state index contributed by atoms with van der Waals surface area (Å²) in [6.07, 6.45) is 4.60. The second kappa shape index (κ2) is 10.1. The number of ether oxygens (including phenoxy) is 4. The van der Waals surface area contributed by atoms with Crippen LogP contribution in [0.3, 0.4) is 0 Å². The molecule has 4 nitrogen and oxygen atoms in total. The van der Waals surface area contributed by atoms with Gasteiger partial charge in [0.25, 0.3) is 0 Å². The van der Waals surface area contributed by atoms with Crippen molar-refractivity contribution in [1.29, 1.82) is 0 Å². The van der Waals surface area contributed by atoms with Crippen LogP contribution in [0.2, 0.25) is 0 Å². The number of hydrogen-bond acceptors (Lipinski definition) is 4. The van der Waals surface area contributed by atoms with Crippen molar-refractivity contribution in [1.82, 2.24) is 0 Å². The summed E-state index contributed by atoms with van der Waals surface area (Å²) in [5, 5.41) is 6.90. The van der Waals surface area contributed by atoms with Crippen molar-refractivity contribution in [2.75, 3.05) is 27.8 Å². The molecule has 0 bridgehead atoms. The van der Waals surface area contributed by atoms with Gasteiger partial charge in [-0.3, -0.25) is 0 Å². The predicted molar refractivity (Wildman–Crippen MR) is 149 cm³/mol. The maximum Gasteiger partial charge on any atom is 0.188 e. The molecule has 0 saturated carbocycles. The summed E-state index contributed by atoms with van der Waals surface area (Å²) in [5.41, 5.74) is 3.06. The molecule has 0 unspecified atom stereocenters. The van der Waals surface area contributed by atoms with E-state index in [1.165, 1.54) is 10.4 Å². The smallest absolute Gasteiger partial charge is 0.188 e. The summed E-state index contributed by atoms with van der Waals surface area (Å²) in [5.74, 6) is 1.60. The third-order valence-corrected chi connectivity index (χ3v) is 6.90. The second-order valence-corrected chi connectivity index (χ2v) is 9.14. The zero-order chi connectivity index (χ0) is 25.2. The standard InChI is InChI=1S/C33H28O4/c1-34-20-36-30-16-15-22-9-5-7-13-27(22)31(30)32-28-14-8-6-12-25(28)19-29(33(32)37-21-35-2)26-17-23-10-3-4-11-24(23)18-26/h3-19,26H,20-21H2,1-2H3. The molecular formula is C33H28O4. The van der Waals surface area contributed by atoms with E-state index in [9.17, 15) is 0 Å². The van der Waals surface area contributed by atoms with E-state index in [0.717, 1.165) is 49.7 Å². The molecule has 0 heterocycles. The first-order valence-corrected chi connectivity index (χ1v) is 12.4. The van der Waals surface area contributed by atoms with Crippen LogP contribution < -0.4 is 19.9 Å². The Morgan fingerprint density at radius 3 is 1.89 bits per heavy atom. The van der Waals surface area contributed by atoms with Crippen molar-refractivity contribution in [3.05, 3.63) is 107 Å². The summed E-state index contributed by atoms with van der Waals surface area (Å²) in [4.78, 5) is 0. The molecule has 0 spiro atoms. The topological polar surface area (TPSA) is 36.9 Å². The lowest BCUT2D eigenvalue weighted by Crippen LogP contribution is -2.19. The molecule has 0 saturated heterocycles. The summed E-state index contributed by atoms with van der Waals surface area (Å²) in [7, 11) is 3.28. The highest BCUT2D eigenvalue weighted by molar-refractivity contribution is 6.10. The van der Waals surface area contributed by atoms with Crippen molar-refractivity contribution in [2.45, 2.75) is 5.92 Å². The van der Waals surface area contributed by atoms with Crippen molar-refractivity contribution in [3.8, 4) is 22.6 Å². The molecule has 4 heteroatoms. The number of hydrogen-bond donors (Lipinski definition) is 0. The van der Waals surface area contributed by atoms with Crippen LogP contribution in [0, 0.1) is 0 Å². The van der Waals surface area contributed by atoms with E-state index in [0.29, 0.717) is 0 Å². The number of fused-ring (bicyclic) bond motifs is 3. The molecule has 0 atom stereocenters. The average Bonchev–Trinajstić information content (AvgIpc) is 3.38. The van der Waals surface area contributed by atoms with Crippen LogP contribution >= 0.6 is 0 Å². The first kappa shape index (κ1) is 23.3. The SMILES string of the molecule is COCOc1ccc2ccccc2c1-c1c(OCOC)c(C2C=c3ccccc3=C2)cc2ccccc12. The second-order valence-electron chi connectivity index (χ2n) is 9.14. The van der Waals surface area contributed by atoms with E-state index in [2.05, 4.69) is 97.1 Å². The van der Waals surface area contributed by atoms with Crippen molar-refractivity contribution in [3.63, 3.8) is 0 Å². The zero-order valence-corrected chi connectivity index (χ0v) is 20.9. The first-order valence-electron chi connectivity index (χ1n) is 12.4. The van der Waals surface area contributed by atoms with Crippen molar-refractivity contribution >= 4 is 33.7 Å². The summed E-state index contributed by atoms with van der Waals surface area (Å²) < 4.78 is 23.3. The van der Waals surface area contributed by atoms with E-state index < -0.39 is 0 Å². The van der Waals surface area contributed by atoms with Gasteiger partial charge in [-0.1, -0.05) is 91.0 Å². The largest absolute Gasteiger partial charge is 0.467 e. The fourth-order valence-electron chi connectivity index (χ4n) is 5.30. The Hall–Kier alpha value is -4.12. The van der Waals surface area contributed by atoms with Gasteiger partial charge in [-0.2, -0.15) is 0 Å². The van der Waals surface area contributed by atoms with E-state index >= 15 is 0 Å². The third kappa shape index (κ3) is 4.25. The molecular weight excluding hydrogens is 460 g/mol. The monoisotopic (exact) mass is 488 g/mol. The van der Waals surface area contributed by atoms with Gasteiger partial charge in [-0.25, -0.2) is 0 Å². The summed E-state index contributed by atoms with van der Waals surface area (Å²) >= 11 is 0. The van der Waals surface area contributed by atoms with Gasteiger partial charge in [-0.05, 0) is 44.1 Å². The highest BCUT2D eigenvalue weighted by atomic mass is 16.7. The molecule has 0 N–H and O–H groups in total. The molecule has 0 aliphatic heterocycles. The van der Waals surface area contributed by atoms with E-state index in [-0.39, 0.29) is 19.5 Å². The van der Waals surface area contributed by atoms with Gasteiger partial charge in [0.2, 0.25) is 0 Å². The third-order valence-electron chi connectivity index (χ3n) is 6.90. The van der Waals surface area contributed by atoms with Gasteiger partial charge >= 0.3 is 0 Å². The van der Waals surface area contributed by atoms with Gasteiger partial charge in [0.15, 0.2) is 13.6 Å². The number of rotatable bonds is 8. The van der Waals surface area contributed by atoms with Crippen LogP contribution in [0.1, 0.15) is 11.5 Å². The molecule has 0 amide bonds. The van der Waals surface area contributed by atoms with Crippen LogP contribution in [0.15, 0.2) is 91.0 Å². The lowest BCUT2D eigenvalue weighted by molar-refractivity contribution is 0.0498. The average molecular weight is 489 g/mol. The number of methoxy groups -OCH3 is 2. The molecule has 1 aliphatic carbocycles. The predicted octanol–water partition coefficient (Wildman–Crippen LogP) is 5.98. The maximum absolute atomic E-state index is 6.45. The Morgan fingerprint density at radius 1 is 0.595 bits per heavy atom. The van der Waals surface area contributed by atoms with E-state index in [1.54, 1.807) is 14.2 Å². The van der Waals surface area contributed by atoms with E-state index in [4.69, 9.17) is 18.9 Å². The van der Waals surface area contributed by atoms with Crippen LogP contribution in [0.5, 0.6) is 11.5 Å². The van der Waals surface area contributed by atoms with Crippen LogP contribution in [0.25, 0.3) is 44.8 Å². The summed E-state index contributed by atoms with van der Waals surface area (Å²) in [6, 6.07) is 31.6. The maximum atomic E-state index is 6.45. The minimum absolute atomic E-state index is 0.0610. The Labute approximate surface area is 216 Å². The molecule has 0 radical (unpaired) electrons. The zero-order valence-electron chi connectivity index (χ0n) is 20.9. The molecule has 0 fully saturated rings. The molecule has 0 aromatic heterocycles. The lowest BCUT2D eigenvalue weighted by atomic mass is 9.87. The Balaban J connectivity index is 1.71. The van der Waals surface area contributed by atoms with Crippen molar-refractivity contribution in [2.24, 2.45) is 0 Å². The minimum Gasteiger partial charge on any atom is -0.467 e. The lowest BCUT2D eigenvalue weighted by Gasteiger charge is -2.23. The van der Waals surface area contributed by atoms with Gasteiger partial charge in [0, 0.05) is 36.8 Å². The van der Waals surface area contributed by atoms with Gasteiger partial charge in [0.1, 0.15) is 11.5 Å². The van der Waals surface area contributed by atoms with Crippen molar-refractivity contribution < 1.29 is 18.9 Å². The quantitative estimate of drug-likeness (QED) is 0.252. The van der Waals surface area contributed by atoms with Gasteiger partial charge in [-0.15, -0.1) is 0 Å². The fraction of sp³-hybridized carbons (Fsp3) is 0.152. The van der Waals surface area contributed by atoms with Crippen LogP contribution in [-0.4, -0.2) is 27.8 Å². The molecule has 1 aliphatic rings. The molecule has 37 heavy (non-hydrogen) atoms.